The van der Waals surface area contributed by atoms with Crippen molar-refractivity contribution in [3.63, 3.8) is 0 Å². The van der Waals surface area contributed by atoms with E-state index in [2.05, 4.69) is 43.5 Å². The number of aliphatic hydroxyl groups excluding tert-OH is 1. The van der Waals surface area contributed by atoms with E-state index in [0.717, 1.165) is 38.5 Å². The molecule has 0 bridgehead atoms. The molecule has 0 rings (SSSR count). The number of nitrogens with one attached hydrogen (secondary N) is 1. The van der Waals surface area contributed by atoms with Gasteiger partial charge in [0.25, 0.3) is 0 Å². The summed E-state index contributed by atoms with van der Waals surface area (Å²) >= 11 is 0. The molecule has 8 nitrogen and oxygen atoms in total. The molecule has 0 fully saturated rings. The van der Waals surface area contributed by atoms with Gasteiger partial charge in [0.05, 0.1) is 39.9 Å². The number of unbranched alkanes of at least 4 members (excludes halogenated alkanes) is 43. The quantitative estimate of drug-likeness (QED) is 0.0243. The van der Waals surface area contributed by atoms with Gasteiger partial charge in [-0.15, -0.1) is 0 Å². The molecule has 0 radical (unpaired) electrons. The molecule has 1 amide bonds. The van der Waals surface area contributed by atoms with Gasteiger partial charge in [0.15, 0.2) is 0 Å². The van der Waals surface area contributed by atoms with Crippen LogP contribution in [-0.2, 0) is 18.4 Å². The minimum absolute atomic E-state index is 0.0579. The van der Waals surface area contributed by atoms with E-state index in [4.69, 9.17) is 9.05 Å². The van der Waals surface area contributed by atoms with E-state index in [1.54, 1.807) is 6.08 Å². The van der Waals surface area contributed by atoms with Crippen LogP contribution in [0.5, 0.6) is 0 Å². The highest BCUT2D eigenvalue weighted by atomic mass is 31.2. The van der Waals surface area contributed by atoms with Gasteiger partial charge >= 0.3 is 7.82 Å². The summed E-state index contributed by atoms with van der Waals surface area (Å²) < 4.78 is 23.7. The highest BCUT2D eigenvalue weighted by Gasteiger charge is 2.27. The Labute approximate surface area is 461 Å². The molecular formula is C65H128N2O6P+. The van der Waals surface area contributed by atoms with Crippen molar-refractivity contribution >= 4 is 13.7 Å². The fraction of sp³-hybridized carbons (Fsp3) is 0.892. The molecule has 3 atom stereocenters. The standard InChI is InChI=1S/C65H127N2O6P/c1-6-8-10-12-14-16-18-20-22-24-26-28-29-30-31-32-33-34-35-36-37-39-41-43-45-47-49-51-53-55-57-59-65(69)66-63(62-73-74(70,71)72-61-60-67(3,4)5)64(68)58-56-54-52-50-48-46-44-42-40-38-27-25-23-21-19-17-15-13-11-9-7-2/h24,26,48,50,56,58,63-64,68H,6-23,25,27-47,49,51-55,57,59-62H2,1-5H3,(H-,66,69,70,71)/p+1/b26-24-,50-48+,58-56+. The predicted octanol–water partition coefficient (Wildman–Crippen LogP) is 20.1. The van der Waals surface area contributed by atoms with E-state index in [1.165, 1.54) is 263 Å². The van der Waals surface area contributed by atoms with Gasteiger partial charge in [0, 0.05) is 6.42 Å². The zero-order valence-corrected chi connectivity index (χ0v) is 51.0. The van der Waals surface area contributed by atoms with E-state index in [1.807, 2.05) is 27.2 Å². The molecule has 0 aliphatic heterocycles. The zero-order chi connectivity index (χ0) is 54.2. The fourth-order valence-electron chi connectivity index (χ4n) is 9.76. The van der Waals surface area contributed by atoms with Crippen molar-refractivity contribution in [1.29, 1.82) is 0 Å². The summed E-state index contributed by atoms with van der Waals surface area (Å²) in [7, 11) is 1.57. The number of aliphatic hydroxyl groups is 1. The molecule has 0 aliphatic rings. The molecular weight excluding hydrogens is 936 g/mol. The molecule has 0 heterocycles. The number of carbonyl (C=O) groups excluding carboxylic acids is 1. The first-order chi connectivity index (χ1) is 36.0. The number of amides is 1. The minimum atomic E-state index is -4.36. The molecule has 0 aromatic heterocycles. The highest BCUT2D eigenvalue weighted by Crippen LogP contribution is 2.43. The summed E-state index contributed by atoms with van der Waals surface area (Å²) in [5.74, 6) is -0.181. The number of likely N-dealkylation sites (N-methyl/N-ethyl adjacent to an activating group) is 1. The van der Waals surface area contributed by atoms with Gasteiger partial charge in [0.1, 0.15) is 13.2 Å². The van der Waals surface area contributed by atoms with Crippen LogP contribution in [0.2, 0.25) is 0 Å². The third-order valence-corrected chi connectivity index (χ3v) is 15.8. The smallest absolute Gasteiger partial charge is 0.387 e. The third kappa shape index (κ3) is 58.4. The van der Waals surface area contributed by atoms with E-state index < -0.39 is 20.0 Å². The van der Waals surface area contributed by atoms with Gasteiger partial charge in [0.2, 0.25) is 5.91 Å². The first-order valence-corrected chi connectivity index (χ1v) is 33.9. The van der Waals surface area contributed by atoms with Crippen molar-refractivity contribution in [2.24, 2.45) is 0 Å². The number of rotatable bonds is 60. The number of hydrogen-bond acceptors (Lipinski definition) is 5. The number of carbonyl (C=O) groups is 1. The van der Waals surface area contributed by atoms with Crippen molar-refractivity contribution in [2.45, 2.75) is 334 Å². The Balaban J connectivity index is 4.09. The molecule has 0 aromatic rings. The first-order valence-electron chi connectivity index (χ1n) is 32.4. The summed E-state index contributed by atoms with van der Waals surface area (Å²) in [5.41, 5.74) is 0. The zero-order valence-electron chi connectivity index (χ0n) is 50.1. The van der Waals surface area contributed by atoms with Crippen molar-refractivity contribution in [2.75, 3.05) is 40.9 Å². The van der Waals surface area contributed by atoms with Crippen molar-refractivity contribution in [3.8, 4) is 0 Å². The molecule has 0 aromatic carbocycles. The number of hydrogen-bond donors (Lipinski definition) is 3. The third-order valence-electron chi connectivity index (χ3n) is 14.8. The summed E-state index contributed by atoms with van der Waals surface area (Å²) in [6.07, 6.45) is 74.2. The Morgan fingerprint density at radius 2 is 0.743 bits per heavy atom. The summed E-state index contributed by atoms with van der Waals surface area (Å²) in [6.45, 7) is 4.84. The average molecular weight is 1060 g/mol. The van der Waals surface area contributed by atoms with Crippen LogP contribution in [0.15, 0.2) is 36.5 Å². The largest absolute Gasteiger partial charge is 0.472 e. The summed E-state index contributed by atoms with van der Waals surface area (Å²) in [6, 6.07) is -0.862. The lowest BCUT2D eigenvalue weighted by Crippen LogP contribution is -2.45. The lowest BCUT2D eigenvalue weighted by atomic mass is 10.0. The minimum Gasteiger partial charge on any atom is -0.387 e. The van der Waals surface area contributed by atoms with Crippen molar-refractivity contribution in [3.05, 3.63) is 36.5 Å². The lowest BCUT2D eigenvalue weighted by Gasteiger charge is -2.25. The molecule has 9 heteroatoms. The lowest BCUT2D eigenvalue weighted by molar-refractivity contribution is -0.870. The maximum Gasteiger partial charge on any atom is 0.472 e. The fourth-order valence-corrected chi connectivity index (χ4v) is 10.5. The first kappa shape index (κ1) is 72.7. The van der Waals surface area contributed by atoms with Crippen molar-refractivity contribution < 1.29 is 32.9 Å². The van der Waals surface area contributed by atoms with Crippen molar-refractivity contribution in [1.82, 2.24) is 5.32 Å². The second kappa shape index (κ2) is 56.4. The van der Waals surface area contributed by atoms with Gasteiger partial charge in [-0.1, -0.05) is 294 Å². The number of allylic oxidation sites excluding steroid dienone is 5. The van der Waals surface area contributed by atoms with Crippen LogP contribution in [0.3, 0.4) is 0 Å². The average Bonchev–Trinajstić information content (AvgIpc) is 3.36. The van der Waals surface area contributed by atoms with Crippen LogP contribution in [0.25, 0.3) is 0 Å². The second-order valence-corrected chi connectivity index (χ2v) is 24.9. The van der Waals surface area contributed by atoms with Gasteiger partial charge in [-0.2, -0.15) is 0 Å². The van der Waals surface area contributed by atoms with E-state index in [9.17, 15) is 19.4 Å². The topological polar surface area (TPSA) is 105 Å². The monoisotopic (exact) mass is 1060 g/mol. The molecule has 0 spiro atoms. The Bertz CT molecular complexity index is 1300. The van der Waals surface area contributed by atoms with Crippen LogP contribution in [-0.4, -0.2) is 73.4 Å². The van der Waals surface area contributed by atoms with Gasteiger partial charge < -0.3 is 19.8 Å². The molecule has 0 aliphatic carbocycles. The number of nitrogens with zero attached hydrogens (tertiary/aromatic N) is 1. The van der Waals surface area contributed by atoms with E-state index >= 15 is 0 Å². The van der Waals surface area contributed by atoms with Crippen LogP contribution in [0, 0.1) is 0 Å². The van der Waals surface area contributed by atoms with Crippen LogP contribution in [0.4, 0.5) is 0 Å². The maximum absolute atomic E-state index is 13.0. The molecule has 0 saturated carbocycles. The van der Waals surface area contributed by atoms with Crippen LogP contribution in [0.1, 0.15) is 322 Å². The van der Waals surface area contributed by atoms with E-state index in [0.29, 0.717) is 17.4 Å². The van der Waals surface area contributed by atoms with Crippen LogP contribution < -0.4 is 5.32 Å². The van der Waals surface area contributed by atoms with Gasteiger partial charge in [-0.05, 0) is 57.8 Å². The number of quaternary nitrogens is 1. The number of phosphoric acid groups is 1. The molecule has 438 valence electrons. The Morgan fingerprint density at radius 1 is 0.446 bits per heavy atom. The number of phosphoric ester groups is 1. The Hall–Kier alpha value is -1.28. The van der Waals surface area contributed by atoms with Gasteiger partial charge in [-0.25, -0.2) is 4.57 Å². The van der Waals surface area contributed by atoms with Gasteiger partial charge in [-0.3, -0.25) is 13.8 Å². The molecule has 0 saturated heterocycles. The second-order valence-electron chi connectivity index (χ2n) is 23.5. The van der Waals surface area contributed by atoms with E-state index in [-0.39, 0.29) is 19.1 Å². The highest BCUT2D eigenvalue weighted by molar-refractivity contribution is 7.47. The normalized spacial score (nSPS) is 14.0. The summed E-state index contributed by atoms with van der Waals surface area (Å²) in [5, 5.41) is 14.0. The van der Waals surface area contributed by atoms with Crippen LogP contribution >= 0.6 is 7.82 Å². The molecule has 3 N–H and O–H groups in total. The predicted molar refractivity (Wildman–Crippen MR) is 323 cm³/mol. The Kier molecular flexibility index (Phi) is 55.5. The summed E-state index contributed by atoms with van der Waals surface area (Å²) in [4.78, 5) is 23.4. The molecule has 3 unspecified atom stereocenters. The Morgan fingerprint density at radius 3 is 1.08 bits per heavy atom. The SMILES string of the molecule is CCCCCCCCCC/C=C\CCCCCCCCCCCCCCCCCCCCCC(=O)NC(COP(=O)(O)OCC[N+](C)(C)C)C(O)/C=C/CC/C=C/CCCCCCCCCCCCCCCCC. The maximum atomic E-state index is 13.0. The molecule has 74 heavy (non-hydrogen) atoms.